The number of epoxide rings is 1. The van der Waals surface area contributed by atoms with Crippen molar-refractivity contribution >= 4 is 0 Å². The number of likely N-dealkylation sites (tertiary alicyclic amines) is 1. The number of ether oxygens (including phenoxy) is 1. The minimum atomic E-state index is 0.584. The van der Waals surface area contributed by atoms with Gasteiger partial charge in [0.25, 0.3) is 0 Å². The molecule has 2 aliphatic rings. The maximum atomic E-state index is 5.20. The lowest BCUT2D eigenvalue weighted by Gasteiger charge is -2.30. The van der Waals surface area contributed by atoms with Crippen molar-refractivity contribution in [1.29, 1.82) is 0 Å². The lowest BCUT2D eigenvalue weighted by atomic mass is 10.0. The van der Waals surface area contributed by atoms with Crippen LogP contribution in [0.15, 0.2) is 0 Å². The molecule has 0 aromatic heterocycles. The molecule has 11 heavy (non-hydrogen) atoms. The smallest absolute Gasteiger partial charge is 0.0936 e. The van der Waals surface area contributed by atoms with Gasteiger partial charge in [-0.15, -0.1) is 0 Å². The Morgan fingerprint density at radius 2 is 2.36 bits per heavy atom. The molecule has 0 N–H and O–H groups in total. The predicted octanol–water partition coefficient (Wildman–Crippen LogP) is 1.12. The van der Waals surface area contributed by atoms with Gasteiger partial charge in [-0.2, -0.15) is 0 Å². The number of piperidine rings is 1. The van der Waals surface area contributed by atoms with E-state index in [9.17, 15) is 0 Å². The van der Waals surface area contributed by atoms with Crippen LogP contribution in [0.1, 0.15) is 19.8 Å². The molecule has 0 aromatic carbocycles. The van der Waals surface area contributed by atoms with Crippen LogP contribution >= 0.6 is 0 Å². The summed E-state index contributed by atoms with van der Waals surface area (Å²) in [6.45, 7) is 7.12. The van der Waals surface area contributed by atoms with E-state index in [0.717, 1.165) is 12.5 Å². The molecule has 2 rings (SSSR count). The van der Waals surface area contributed by atoms with Crippen molar-refractivity contribution in [2.75, 3.05) is 26.2 Å². The van der Waals surface area contributed by atoms with Crippen molar-refractivity contribution in [1.82, 2.24) is 4.90 Å². The fraction of sp³-hybridized carbons (Fsp3) is 1.00. The zero-order chi connectivity index (χ0) is 7.68. The van der Waals surface area contributed by atoms with E-state index in [-0.39, 0.29) is 0 Å². The second-order valence-electron chi connectivity index (χ2n) is 3.96. The number of nitrogens with zero attached hydrogens (tertiary/aromatic N) is 1. The summed E-state index contributed by atoms with van der Waals surface area (Å²) in [5.74, 6) is 0.905. The minimum Gasteiger partial charge on any atom is -0.372 e. The third-order valence-corrected chi connectivity index (χ3v) is 2.61. The molecule has 2 nitrogen and oxygen atoms in total. The number of hydrogen-bond donors (Lipinski definition) is 0. The molecule has 2 heteroatoms. The van der Waals surface area contributed by atoms with Gasteiger partial charge in [-0.3, -0.25) is 0 Å². The minimum absolute atomic E-state index is 0.584. The molecule has 2 heterocycles. The number of hydrogen-bond acceptors (Lipinski definition) is 2. The molecule has 2 saturated heterocycles. The topological polar surface area (TPSA) is 15.8 Å². The molecule has 1 unspecified atom stereocenters. The normalized spacial score (nSPS) is 39.0. The second-order valence-corrected chi connectivity index (χ2v) is 3.96. The largest absolute Gasteiger partial charge is 0.372 e. The molecule has 2 atom stereocenters. The van der Waals surface area contributed by atoms with Gasteiger partial charge in [0.05, 0.1) is 12.7 Å². The first-order valence-electron chi connectivity index (χ1n) is 4.68. The van der Waals surface area contributed by atoms with Crippen LogP contribution in [0.5, 0.6) is 0 Å². The maximum absolute atomic E-state index is 5.20. The molecule has 64 valence electrons. The lowest BCUT2D eigenvalue weighted by Crippen LogP contribution is -2.36. The standard InChI is InChI=1S/C9H17NO/c1-8-3-2-4-10(5-8)6-9-7-11-9/h8-9H,2-7H2,1H3/t8?,9-/m1/s1. The Balaban J connectivity index is 1.73. The van der Waals surface area contributed by atoms with Crippen molar-refractivity contribution in [3.05, 3.63) is 0 Å². The lowest BCUT2D eigenvalue weighted by molar-refractivity contribution is 0.169. The van der Waals surface area contributed by atoms with Crippen molar-refractivity contribution in [2.24, 2.45) is 5.92 Å². The highest BCUT2D eigenvalue weighted by Gasteiger charge is 2.27. The second kappa shape index (κ2) is 3.11. The van der Waals surface area contributed by atoms with Crippen molar-refractivity contribution in [3.63, 3.8) is 0 Å². The fourth-order valence-corrected chi connectivity index (χ4v) is 1.91. The highest BCUT2D eigenvalue weighted by molar-refractivity contribution is 4.78. The molecule has 0 radical (unpaired) electrons. The summed E-state index contributed by atoms with van der Waals surface area (Å²) in [5.41, 5.74) is 0. The van der Waals surface area contributed by atoms with E-state index in [1.54, 1.807) is 0 Å². The van der Waals surface area contributed by atoms with Crippen LogP contribution in [0, 0.1) is 5.92 Å². The van der Waals surface area contributed by atoms with Gasteiger partial charge in [-0.1, -0.05) is 6.92 Å². The average molecular weight is 155 g/mol. The van der Waals surface area contributed by atoms with Crippen LogP contribution in [0.4, 0.5) is 0 Å². The summed E-state index contributed by atoms with van der Waals surface area (Å²) in [4.78, 5) is 2.55. The molecule has 2 aliphatic heterocycles. The van der Waals surface area contributed by atoms with Gasteiger partial charge in [0.2, 0.25) is 0 Å². The molecule has 0 amide bonds. The van der Waals surface area contributed by atoms with Crippen LogP contribution in [-0.2, 0) is 4.74 Å². The zero-order valence-electron chi connectivity index (χ0n) is 7.25. The SMILES string of the molecule is CC1CCCN(C[C@@H]2CO2)C1. The quantitative estimate of drug-likeness (QED) is 0.555. The molecular weight excluding hydrogens is 138 g/mol. The van der Waals surface area contributed by atoms with Gasteiger partial charge in [0, 0.05) is 13.1 Å². The third-order valence-electron chi connectivity index (χ3n) is 2.61. The van der Waals surface area contributed by atoms with Gasteiger partial charge in [0.15, 0.2) is 0 Å². The fourth-order valence-electron chi connectivity index (χ4n) is 1.91. The summed E-state index contributed by atoms with van der Waals surface area (Å²) >= 11 is 0. The van der Waals surface area contributed by atoms with E-state index < -0.39 is 0 Å². The highest BCUT2D eigenvalue weighted by atomic mass is 16.6. The predicted molar refractivity (Wildman–Crippen MR) is 44.6 cm³/mol. The van der Waals surface area contributed by atoms with Crippen molar-refractivity contribution < 1.29 is 4.74 Å². The van der Waals surface area contributed by atoms with Crippen LogP contribution in [-0.4, -0.2) is 37.2 Å². The van der Waals surface area contributed by atoms with Gasteiger partial charge < -0.3 is 9.64 Å². The molecule has 0 spiro atoms. The van der Waals surface area contributed by atoms with Gasteiger partial charge in [-0.05, 0) is 25.3 Å². The first kappa shape index (κ1) is 7.56. The van der Waals surface area contributed by atoms with Crippen molar-refractivity contribution in [3.8, 4) is 0 Å². The molecule has 0 bridgehead atoms. The van der Waals surface area contributed by atoms with E-state index >= 15 is 0 Å². The van der Waals surface area contributed by atoms with Gasteiger partial charge in [-0.25, -0.2) is 0 Å². The van der Waals surface area contributed by atoms with Crippen LogP contribution in [0.2, 0.25) is 0 Å². The van der Waals surface area contributed by atoms with E-state index in [1.165, 1.54) is 32.5 Å². The Morgan fingerprint density at radius 1 is 1.55 bits per heavy atom. The van der Waals surface area contributed by atoms with E-state index in [2.05, 4.69) is 11.8 Å². The van der Waals surface area contributed by atoms with Crippen LogP contribution in [0.3, 0.4) is 0 Å². The summed E-state index contributed by atoms with van der Waals surface area (Å²) < 4.78 is 5.20. The Labute approximate surface area is 68.5 Å². The van der Waals surface area contributed by atoms with Crippen molar-refractivity contribution in [2.45, 2.75) is 25.9 Å². The van der Waals surface area contributed by atoms with Crippen LogP contribution < -0.4 is 0 Å². The van der Waals surface area contributed by atoms with Gasteiger partial charge >= 0.3 is 0 Å². The van der Waals surface area contributed by atoms with Gasteiger partial charge in [0.1, 0.15) is 0 Å². The Bertz CT molecular complexity index is 132. The Morgan fingerprint density at radius 3 is 3.00 bits per heavy atom. The molecule has 0 aromatic rings. The third kappa shape index (κ3) is 2.17. The van der Waals surface area contributed by atoms with E-state index in [4.69, 9.17) is 4.74 Å². The first-order chi connectivity index (χ1) is 5.34. The summed E-state index contributed by atoms with van der Waals surface area (Å²) in [7, 11) is 0. The Hall–Kier alpha value is -0.0800. The first-order valence-corrected chi connectivity index (χ1v) is 4.68. The summed E-state index contributed by atoms with van der Waals surface area (Å²) in [6, 6.07) is 0. The number of rotatable bonds is 2. The molecular formula is C9H17NO. The molecule has 0 aliphatic carbocycles. The van der Waals surface area contributed by atoms with E-state index in [0.29, 0.717) is 6.10 Å². The Kier molecular flexibility index (Phi) is 2.14. The summed E-state index contributed by atoms with van der Waals surface area (Å²) in [6.07, 6.45) is 3.39. The monoisotopic (exact) mass is 155 g/mol. The van der Waals surface area contributed by atoms with Crippen LogP contribution in [0.25, 0.3) is 0 Å². The summed E-state index contributed by atoms with van der Waals surface area (Å²) in [5, 5.41) is 0. The zero-order valence-corrected chi connectivity index (χ0v) is 7.25. The maximum Gasteiger partial charge on any atom is 0.0936 e. The molecule has 2 fully saturated rings. The average Bonchev–Trinajstić information content (AvgIpc) is 2.71. The highest BCUT2D eigenvalue weighted by Crippen LogP contribution is 2.18. The van der Waals surface area contributed by atoms with E-state index in [1.807, 2.05) is 0 Å². The molecule has 0 saturated carbocycles.